The molecule has 25 heavy (non-hydrogen) atoms. The van der Waals surface area contributed by atoms with E-state index in [-0.39, 0.29) is 12.5 Å². The van der Waals surface area contributed by atoms with Crippen molar-refractivity contribution in [1.29, 1.82) is 0 Å². The van der Waals surface area contributed by atoms with E-state index < -0.39 is 11.6 Å². The monoisotopic (exact) mass is 339 g/mol. The van der Waals surface area contributed by atoms with Gasteiger partial charge in [-0.05, 0) is 56.7 Å². The zero-order valence-electron chi connectivity index (χ0n) is 14.6. The average Bonchev–Trinajstić information content (AvgIpc) is 2.82. The first-order valence-electron chi connectivity index (χ1n) is 8.19. The number of amides is 1. The molecule has 1 aliphatic rings. The molecule has 5 nitrogen and oxygen atoms in total. The van der Waals surface area contributed by atoms with Crippen LogP contribution in [0.2, 0.25) is 0 Å². The fraction of sp³-hybridized carbons (Fsp3) is 0.300. The van der Waals surface area contributed by atoms with E-state index in [4.69, 9.17) is 9.47 Å². The standard InChI is InChI=1S/C20H21NO4/c1-20(2,3)25-18(22)13-21-12-14-11-16(9-10-17(14)19(21)23)24-15-7-5-4-6-8-15/h4-11H,12-13H2,1-3H3. The molecule has 0 saturated heterocycles. The summed E-state index contributed by atoms with van der Waals surface area (Å²) in [5, 5.41) is 0. The topological polar surface area (TPSA) is 55.8 Å². The number of nitrogens with zero attached hydrogens (tertiary/aromatic N) is 1. The second kappa shape index (κ2) is 6.59. The van der Waals surface area contributed by atoms with Gasteiger partial charge in [-0.1, -0.05) is 18.2 Å². The molecule has 1 amide bonds. The molecule has 0 radical (unpaired) electrons. The van der Waals surface area contributed by atoms with E-state index in [0.717, 1.165) is 11.3 Å². The van der Waals surface area contributed by atoms with E-state index in [2.05, 4.69) is 0 Å². The van der Waals surface area contributed by atoms with Crippen molar-refractivity contribution in [3.05, 3.63) is 59.7 Å². The number of fused-ring (bicyclic) bond motifs is 1. The summed E-state index contributed by atoms with van der Waals surface area (Å²) < 4.78 is 11.1. The van der Waals surface area contributed by atoms with Crippen LogP contribution in [0, 0.1) is 0 Å². The van der Waals surface area contributed by atoms with Crippen LogP contribution >= 0.6 is 0 Å². The number of hydrogen-bond donors (Lipinski definition) is 0. The Morgan fingerprint density at radius 3 is 2.48 bits per heavy atom. The number of carbonyl (C=O) groups is 2. The van der Waals surface area contributed by atoms with E-state index in [1.54, 1.807) is 32.9 Å². The lowest BCUT2D eigenvalue weighted by Gasteiger charge is -2.22. The van der Waals surface area contributed by atoms with Crippen molar-refractivity contribution in [2.45, 2.75) is 32.9 Å². The van der Waals surface area contributed by atoms with Crippen molar-refractivity contribution in [3.63, 3.8) is 0 Å². The molecule has 0 aliphatic carbocycles. The predicted octanol–water partition coefficient (Wildman–Crippen LogP) is 3.78. The molecule has 0 bridgehead atoms. The minimum Gasteiger partial charge on any atom is -0.459 e. The van der Waals surface area contributed by atoms with E-state index in [1.807, 2.05) is 36.4 Å². The summed E-state index contributed by atoms with van der Waals surface area (Å²) in [5.41, 5.74) is 0.884. The number of rotatable bonds is 4. The molecule has 0 unspecified atom stereocenters. The van der Waals surface area contributed by atoms with Gasteiger partial charge in [-0.15, -0.1) is 0 Å². The highest BCUT2D eigenvalue weighted by Gasteiger charge is 2.30. The maximum atomic E-state index is 12.4. The summed E-state index contributed by atoms with van der Waals surface area (Å²) in [5.74, 6) is 0.829. The smallest absolute Gasteiger partial charge is 0.326 e. The number of carbonyl (C=O) groups excluding carboxylic acids is 2. The Bertz CT molecular complexity index is 793. The van der Waals surface area contributed by atoms with Gasteiger partial charge in [-0.2, -0.15) is 0 Å². The first-order chi connectivity index (χ1) is 11.8. The van der Waals surface area contributed by atoms with Gasteiger partial charge in [-0.3, -0.25) is 9.59 Å². The molecule has 0 aromatic heterocycles. The highest BCUT2D eigenvalue weighted by atomic mass is 16.6. The Balaban J connectivity index is 1.70. The molecule has 1 heterocycles. The van der Waals surface area contributed by atoms with Crippen molar-refractivity contribution in [1.82, 2.24) is 4.90 Å². The lowest BCUT2D eigenvalue weighted by Crippen LogP contribution is -2.35. The lowest BCUT2D eigenvalue weighted by molar-refractivity contribution is -0.155. The SMILES string of the molecule is CC(C)(C)OC(=O)CN1Cc2cc(Oc3ccccc3)ccc2C1=O. The molecule has 5 heteroatoms. The minimum atomic E-state index is -0.566. The number of hydrogen-bond acceptors (Lipinski definition) is 4. The zero-order chi connectivity index (χ0) is 18.0. The highest BCUT2D eigenvalue weighted by Crippen LogP contribution is 2.29. The van der Waals surface area contributed by atoms with E-state index >= 15 is 0 Å². The molecule has 130 valence electrons. The third-order valence-electron chi connectivity index (χ3n) is 3.67. The summed E-state index contributed by atoms with van der Waals surface area (Å²) in [6.07, 6.45) is 0. The van der Waals surface area contributed by atoms with Crippen molar-refractivity contribution in [2.24, 2.45) is 0 Å². The van der Waals surface area contributed by atoms with Crippen LogP contribution in [0.25, 0.3) is 0 Å². The summed E-state index contributed by atoms with van der Waals surface area (Å²) >= 11 is 0. The predicted molar refractivity (Wildman–Crippen MR) is 93.5 cm³/mol. The fourth-order valence-electron chi connectivity index (χ4n) is 2.70. The molecular weight excluding hydrogens is 318 g/mol. The number of benzene rings is 2. The Labute approximate surface area is 147 Å². The second-order valence-electron chi connectivity index (χ2n) is 6.98. The summed E-state index contributed by atoms with van der Waals surface area (Å²) in [7, 11) is 0. The molecule has 0 atom stereocenters. The average molecular weight is 339 g/mol. The van der Waals surface area contributed by atoms with Crippen LogP contribution in [0.4, 0.5) is 0 Å². The largest absolute Gasteiger partial charge is 0.459 e. The van der Waals surface area contributed by atoms with Crippen LogP contribution in [-0.4, -0.2) is 28.9 Å². The second-order valence-corrected chi connectivity index (χ2v) is 6.98. The molecule has 3 rings (SSSR count). The van der Waals surface area contributed by atoms with Gasteiger partial charge in [0.2, 0.25) is 0 Å². The van der Waals surface area contributed by atoms with Crippen molar-refractivity contribution >= 4 is 11.9 Å². The Kier molecular flexibility index (Phi) is 4.49. The molecule has 1 aliphatic heterocycles. The Hall–Kier alpha value is -2.82. The van der Waals surface area contributed by atoms with Gasteiger partial charge < -0.3 is 14.4 Å². The van der Waals surface area contributed by atoms with Crippen molar-refractivity contribution in [2.75, 3.05) is 6.54 Å². The van der Waals surface area contributed by atoms with Gasteiger partial charge in [0, 0.05) is 12.1 Å². The van der Waals surface area contributed by atoms with Crippen LogP contribution in [0.5, 0.6) is 11.5 Å². The summed E-state index contributed by atoms with van der Waals surface area (Å²) in [6.45, 7) is 5.73. The minimum absolute atomic E-state index is 0.0559. The van der Waals surface area contributed by atoms with Crippen molar-refractivity contribution < 1.29 is 19.1 Å². The van der Waals surface area contributed by atoms with Gasteiger partial charge >= 0.3 is 5.97 Å². The van der Waals surface area contributed by atoms with Crippen molar-refractivity contribution in [3.8, 4) is 11.5 Å². The third-order valence-corrected chi connectivity index (χ3v) is 3.67. The normalized spacial score (nSPS) is 13.6. The van der Waals surface area contributed by atoms with Crippen LogP contribution in [0.15, 0.2) is 48.5 Å². The number of esters is 1. The highest BCUT2D eigenvalue weighted by molar-refractivity contribution is 6.00. The Morgan fingerprint density at radius 1 is 1.08 bits per heavy atom. The van der Waals surface area contributed by atoms with Gasteiger partial charge in [0.15, 0.2) is 0 Å². The maximum absolute atomic E-state index is 12.4. The van der Waals surface area contributed by atoms with Gasteiger partial charge in [0.25, 0.3) is 5.91 Å². The molecule has 0 saturated carbocycles. The zero-order valence-corrected chi connectivity index (χ0v) is 14.6. The van der Waals surface area contributed by atoms with Gasteiger partial charge in [0.1, 0.15) is 23.6 Å². The quantitative estimate of drug-likeness (QED) is 0.796. The number of para-hydroxylation sites is 1. The van der Waals surface area contributed by atoms with E-state index in [9.17, 15) is 9.59 Å². The van der Waals surface area contributed by atoms with Crippen LogP contribution in [0.1, 0.15) is 36.7 Å². The summed E-state index contributed by atoms with van der Waals surface area (Å²) in [4.78, 5) is 25.9. The molecule has 0 spiro atoms. The van der Waals surface area contributed by atoms with Crippen LogP contribution in [0.3, 0.4) is 0 Å². The molecule has 2 aromatic rings. The molecule has 0 N–H and O–H groups in total. The van der Waals surface area contributed by atoms with Gasteiger partial charge in [0.05, 0.1) is 0 Å². The van der Waals surface area contributed by atoms with Crippen LogP contribution < -0.4 is 4.74 Å². The Morgan fingerprint density at radius 2 is 1.80 bits per heavy atom. The van der Waals surface area contributed by atoms with E-state index in [0.29, 0.717) is 17.9 Å². The maximum Gasteiger partial charge on any atom is 0.326 e. The van der Waals surface area contributed by atoms with Crippen LogP contribution in [-0.2, 0) is 16.1 Å². The molecular formula is C20H21NO4. The number of ether oxygens (including phenoxy) is 2. The first-order valence-corrected chi connectivity index (χ1v) is 8.19. The van der Waals surface area contributed by atoms with E-state index in [1.165, 1.54) is 4.90 Å². The third kappa shape index (κ3) is 4.18. The van der Waals surface area contributed by atoms with Gasteiger partial charge in [-0.25, -0.2) is 0 Å². The molecule has 2 aromatic carbocycles. The summed E-state index contributed by atoms with van der Waals surface area (Å²) in [6, 6.07) is 14.8. The first kappa shape index (κ1) is 17.0. The molecule has 0 fully saturated rings. The lowest BCUT2D eigenvalue weighted by atomic mass is 10.1. The fourth-order valence-corrected chi connectivity index (χ4v) is 2.70.